The second-order valence-electron chi connectivity index (χ2n) is 6.21. The highest BCUT2D eigenvalue weighted by molar-refractivity contribution is 7.87. The minimum Gasteiger partial charge on any atom is -0.493 e. The largest absolute Gasteiger partial charge is 0.573 e. The van der Waals surface area contributed by atoms with E-state index in [1.54, 1.807) is 13.0 Å². The van der Waals surface area contributed by atoms with Crippen LogP contribution in [0.1, 0.15) is 12.0 Å². The van der Waals surface area contributed by atoms with Gasteiger partial charge in [-0.25, -0.2) is 0 Å². The number of aryl methyl sites for hydroxylation is 1. The monoisotopic (exact) mass is 523 g/mol. The molecule has 0 saturated heterocycles. The van der Waals surface area contributed by atoms with Gasteiger partial charge in [-0.05, 0) is 36.8 Å². The van der Waals surface area contributed by atoms with Gasteiger partial charge >= 0.3 is 16.5 Å². The van der Waals surface area contributed by atoms with E-state index in [1.807, 2.05) is 0 Å². The number of para-hydroxylation sites is 1. The van der Waals surface area contributed by atoms with Crippen LogP contribution in [0.4, 0.5) is 13.2 Å². The van der Waals surface area contributed by atoms with Crippen molar-refractivity contribution < 1.29 is 45.5 Å². The molecule has 0 spiro atoms. The lowest BCUT2D eigenvalue weighted by Gasteiger charge is -2.14. The van der Waals surface area contributed by atoms with Crippen LogP contribution < -0.4 is 25.1 Å². The van der Waals surface area contributed by atoms with Crippen LogP contribution in [-0.4, -0.2) is 43.9 Å². The first-order chi connectivity index (χ1) is 16.2. The fourth-order valence-corrected chi connectivity index (χ4v) is 3.32. The third kappa shape index (κ3) is 11.9. The first-order valence-electron chi connectivity index (χ1n) is 9.17. The molecule has 0 unspecified atom stereocenters. The molecule has 0 amide bonds. The van der Waals surface area contributed by atoms with Gasteiger partial charge in [0.1, 0.15) is 16.4 Å². The Hall–Kier alpha value is -4.28. The van der Waals surface area contributed by atoms with Crippen molar-refractivity contribution in [2.45, 2.75) is 24.6 Å². The number of nitrogens with two attached hydrogens (primary N) is 2. The Kier molecular flexibility index (Phi) is 10.5. The van der Waals surface area contributed by atoms with Crippen molar-refractivity contribution in [1.82, 2.24) is 0 Å². The molecule has 0 bridgehead atoms. The second kappa shape index (κ2) is 12.8. The summed E-state index contributed by atoms with van der Waals surface area (Å²) in [5, 5.41) is 20.6. The molecule has 2 rings (SSSR count). The molecule has 0 aromatic heterocycles. The minimum atomic E-state index is -5.07. The van der Waals surface area contributed by atoms with Crippen molar-refractivity contribution >= 4 is 22.3 Å². The van der Waals surface area contributed by atoms with Crippen molar-refractivity contribution in [3.63, 3.8) is 0 Å². The van der Waals surface area contributed by atoms with Gasteiger partial charge in [-0.15, -0.1) is 28.4 Å². The zero-order valence-corrected chi connectivity index (χ0v) is 18.7. The standard InChI is InChI=1S/C18H19F3N4O5S.HNO3/c1-12-9-13(28-8-4-7-24-25-17(22)23)11-14(10-12)30-31(26,27)16-6-3-2-5-15(16)29-18(19,20)21;2-1(3)4/h2-3,5-7,9-11H,4,8H2,1H3,(H4,22,23,25);(H,2,3,4)/b24-7-;. The molecule has 0 aliphatic rings. The van der Waals surface area contributed by atoms with Crippen molar-refractivity contribution in [2.24, 2.45) is 21.7 Å². The highest BCUT2D eigenvalue weighted by Crippen LogP contribution is 2.32. The molecule has 2 aromatic carbocycles. The quantitative estimate of drug-likeness (QED) is 0.109. The Labute approximate surface area is 196 Å². The fourth-order valence-electron chi connectivity index (χ4n) is 2.28. The van der Waals surface area contributed by atoms with Crippen LogP contribution in [0.3, 0.4) is 0 Å². The Bertz CT molecular complexity index is 1160. The summed E-state index contributed by atoms with van der Waals surface area (Å²) in [5.41, 5.74) is 10.8. The number of rotatable bonds is 9. The Balaban J connectivity index is 0.00000142. The molecule has 0 heterocycles. The number of alkyl halides is 3. The van der Waals surface area contributed by atoms with Crippen molar-refractivity contribution in [3.8, 4) is 17.2 Å². The molecule has 17 heteroatoms. The van der Waals surface area contributed by atoms with E-state index in [0.717, 1.165) is 12.1 Å². The normalized spacial score (nSPS) is 11.2. The number of hydrogen-bond donors (Lipinski definition) is 3. The predicted octanol–water partition coefficient (Wildman–Crippen LogP) is 2.34. The van der Waals surface area contributed by atoms with E-state index < -0.39 is 32.2 Å². The average Bonchev–Trinajstić information content (AvgIpc) is 2.68. The summed E-state index contributed by atoms with van der Waals surface area (Å²) in [6.45, 7) is 1.83. The number of ether oxygens (including phenoxy) is 2. The summed E-state index contributed by atoms with van der Waals surface area (Å²) in [4.78, 5) is 7.59. The van der Waals surface area contributed by atoms with E-state index in [4.69, 9.17) is 35.7 Å². The van der Waals surface area contributed by atoms with Crippen LogP contribution >= 0.6 is 0 Å². The number of benzene rings is 2. The van der Waals surface area contributed by atoms with E-state index in [-0.39, 0.29) is 24.1 Å². The molecule has 0 radical (unpaired) electrons. The molecule has 5 N–H and O–H groups in total. The van der Waals surface area contributed by atoms with E-state index in [2.05, 4.69) is 14.9 Å². The Morgan fingerprint density at radius 3 is 2.40 bits per heavy atom. The fraction of sp³-hybridized carbons (Fsp3) is 0.222. The zero-order chi connectivity index (χ0) is 26.6. The SMILES string of the molecule is Cc1cc(OCC/C=N\N=C(N)N)cc(OS(=O)(=O)c2ccccc2OC(F)(F)F)c1.O=[N+]([O-])O. The lowest BCUT2D eigenvalue weighted by atomic mass is 10.2. The molecule has 0 atom stereocenters. The van der Waals surface area contributed by atoms with Gasteiger partial charge in [0.05, 0.1) is 6.61 Å². The van der Waals surface area contributed by atoms with Crippen molar-refractivity contribution in [1.29, 1.82) is 0 Å². The van der Waals surface area contributed by atoms with E-state index in [1.165, 1.54) is 30.5 Å². The molecule has 0 saturated carbocycles. The van der Waals surface area contributed by atoms with Gasteiger partial charge in [0, 0.05) is 18.7 Å². The lowest BCUT2D eigenvalue weighted by molar-refractivity contribution is -0.742. The van der Waals surface area contributed by atoms with Crippen LogP contribution in [0.2, 0.25) is 0 Å². The van der Waals surface area contributed by atoms with Gasteiger partial charge in [-0.2, -0.15) is 13.5 Å². The van der Waals surface area contributed by atoms with Crippen LogP contribution in [0.25, 0.3) is 0 Å². The molecule has 2 aromatic rings. The van der Waals surface area contributed by atoms with Gasteiger partial charge in [-0.1, -0.05) is 12.1 Å². The number of nitrogens with zero attached hydrogens (tertiary/aromatic N) is 3. The van der Waals surface area contributed by atoms with Gasteiger partial charge in [0.15, 0.2) is 5.75 Å². The third-order valence-corrected chi connectivity index (χ3v) is 4.63. The number of hydrogen-bond acceptors (Lipinski definition) is 9. The number of halogens is 3. The predicted molar refractivity (Wildman–Crippen MR) is 115 cm³/mol. The summed E-state index contributed by atoms with van der Waals surface area (Å²) in [6, 6.07) is 8.55. The first kappa shape index (κ1) is 28.8. The summed E-state index contributed by atoms with van der Waals surface area (Å²) < 4.78 is 77.1. The summed E-state index contributed by atoms with van der Waals surface area (Å²) in [6.07, 6.45) is -3.31. The Morgan fingerprint density at radius 2 is 1.80 bits per heavy atom. The second-order valence-corrected chi connectivity index (χ2v) is 7.73. The first-order valence-corrected chi connectivity index (χ1v) is 10.6. The smallest absolute Gasteiger partial charge is 0.493 e. The maximum Gasteiger partial charge on any atom is 0.573 e. The van der Waals surface area contributed by atoms with Crippen LogP contribution in [0.5, 0.6) is 17.2 Å². The molecule has 35 heavy (non-hydrogen) atoms. The summed E-state index contributed by atoms with van der Waals surface area (Å²) in [5.74, 6) is -0.966. The van der Waals surface area contributed by atoms with Gasteiger partial charge < -0.3 is 30.3 Å². The van der Waals surface area contributed by atoms with E-state index in [9.17, 15) is 21.6 Å². The molecule has 0 aliphatic carbocycles. The topological polar surface area (TPSA) is 202 Å². The lowest BCUT2D eigenvalue weighted by Crippen LogP contribution is -2.21. The van der Waals surface area contributed by atoms with Gasteiger partial charge in [-0.3, -0.25) is 0 Å². The summed E-state index contributed by atoms with van der Waals surface area (Å²) >= 11 is 0. The van der Waals surface area contributed by atoms with Crippen LogP contribution in [-0.2, 0) is 10.1 Å². The zero-order valence-electron chi connectivity index (χ0n) is 17.9. The molecule has 192 valence electrons. The molecule has 0 aliphatic heterocycles. The van der Waals surface area contributed by atoms with Crippen molar-refractivity contribution in [3.05, 3.63) is 58.1 Å². The highest BCUT2D eigenvalue weighted by atomic mass is 32.2. The molecular formula is C18H20F3N5O8S. The van der Waals surface area contributed by atoms with Crippen molar-refractivity contribution in [2.75, 3.05) is 6.61 Å². The van der Waals surface area contributed by atoms with Crippen LogP contribution in [0.15, 0.2) is 57.6 Å². The molecule has 13 nitrogen and oxygen atoms in total. The highest BCUT2D eigenvalue weighted by Gasteiger charge is 2.34. The maximum absolute atomic E-state index is 12.6. The maximum atomic E-state index is 12.6. The van der Waals surface area contributed by atoms with E-state index >= 15 is 0 Å². The average molecular weight is 523 g/mol. The summed E-state index contributed by atoms with van der Waals surface area (Å²) in [7, 11) is -4.63. The van der Waals surface area contributed by atoms with Gasteiger partial charge in [0.2, 0.25) is 5.96 Å². The molecule has 0 fully saturated rings. The van der Waals surface area contributed by atoms with E-state index in [0.29, 0.717) is 12.0 Å². The third-order valence-electron chi connectivity index (χ3n) is 3.35. The minimum absolute atomic E-state index is 0.147. The van der Waals surface area contributed by atoms with Gasteiger partial charge in [0.25, 0.3) is 5.09 Å². The van der Waals surface area contributed by atoms with Crippen LogP contribution in [0, 0.1) is 17.0 Å². The number of guanidine groups is 1. The molecular weight excluding hydrogens is 503 g/mol. The Morgan fingerprint density at radius 1 is 1.20 bits per heavy atom.